The lowest BCUT2D eigenvalue weighted by Gasteiger charge is -2.39. The topological polar surface area (TPSA) is 105 Å². The van der Waals surface area contributed by atoms with Crippen LogP contribution in [0, 0.1) is 12.3 Å². The Morgan fingerprint density at radius 3 is 2.55 bits per heavy atom. The van der Waals surface area contributed by atoms with Crippen molar-refractivity contribution < 1.29 is 14.3 Å². The maximum absolute atomic E-state index is 13.3. The lowest BCUT2D eigenvalue weighted by atomic mass is 9.80. The molecule has 0 spiro atoms. The van der Waals surface area contributed by atoms with Crippen molar-refractivity contribution in [1.82, 2.24) is 19.8 Å². The predicted octanol–water partition coefficient (Wildman–Crippen LogP) is 3.44. The molecule has 0 radical (unpaired) electrons. The summed E-state index contributed by atoms with van der Waals surface area (Å²) in [5.74, 6) is 1.41. The van der Waals surface area contributed by atoms with Crippen molar-refractivity contribution in [2.45, 2.75) is 33.2 Å². The number of hydrogen-bond acceptors (Lipinski definition) is 4. The Kier molecular flexibility index (Phi) is 5.23. The molecule has 3 aromatic rings. The SMILES string of the molecule is Cc1nc2ccc(-c3ccc4c(c3)CN(C(=O)N3CCC(C)(C(N)=O)CC3)CCO4)cc2[nH]1. The molecule has 0 aliphatic carbocycles. The second-order valence-corrected chi connectivity index (χ2v) is 9.34. The number of rotatable bonds is 2. The van der Waals surface area contributed by atoms with E-state index in [2.05, 4.69) is 34.2 Å². The second-order valence-electron chi connectivity index (χ2n) is 9.34. The van der Waals surface area contributed by atoms with Crippen LogP contribution in [0.4, 0.5) is 4.79 Å². The van der Waals surface area contributed by atoms with Crippen molar-refractivity contribution in [1.29, 1.82) is 0 Å². The molecule has 3 N–H and O–H groups in total. The molecule has 2 aliphatic rings. The summed E-state index contributed by atoms with van der Waals surface area (Å²) >= 11 is 0. The van der Waals surface area contributed by atoms with E-state index < -0.39 is 5.41 Å². The van der Waals surface area contributed by atoms with Gasteiger partial charge in [0.05, 0.1) is 24.1 Å². The molecule has 0 saturated carbocycles. The highest BCUT2D eigenvalue weighted by atomic mass is 16.5. The fourth-order valence-corrected chi connectivity index (χ4v) is 4.69. The third-order valence-electron chi connectivity index (χ3n) is 6.98. The Hall–Kier alpha value is -3.55. The van der Waals surface area contributed by atoms with Crippen molar-refractivity contribution in [3.05, 3.63) is 47.8 Å². The number of aromatic nitrogens is 2. The van der Waals surface area contributed by atoms with Crippen LogP contribution < -0.4 is 10.5 Å². The molecule has 8 nitrogen and oxygen atoms in total. The highest BCUT2D eigenvalue weighted by Gasteiger charge is 2.37. The van der Waals surface area contributed by atoms with Crippen LogP contribution in [0.3, 0.4) is 0 Å². The Labute approximate surface area is 192 Å². The average Bonchev–Trinajstić information content (AvgIpc) is 3.04. The molecule has 172 valence electrons. The molecule has 2 aliphatic heterocycles. The molecule has 1 saturated heterocycles. The summed E-state index contributed by atoms with van der Waals surface area (Å²) in [6.45, 7) is 6.35. The molecule has 0 atom stereocenters. The number of hydrogen-bond donors (Lipinski definition) is 2. The van der Waals surface area contributed by atoms with E-state index in [9.17, 15) is 9.59 Å². The zero-order valence-corrected chi connectivity index (χ0v) is 19.1. The minimum absolute atomic E-state index is 0.0160. The number of carbonyl (C=O) groups is 2. The Balaban J connectivity index is 1.35. The quantitative estimate of drug-likeness (QED) is 0.628. The average molecular weight is 448 g/mol. The number of carbonyl (C=O) groups excluding carboxylic acids is 2. The summed E-state index contributed by atoms with van der Waals surface area (Å²) < 4.78 is 5.96. The van der Waals surface area contributed by atoms with Gasteiger partial charge in [0.15, 0.2) is 0 Å². The maximum Gasteiger partial charge on any atom is 0.320 e. The first-order chi connectivity index (χ1) is 15.8. The zero-order valence-electron chi connectivity index (χ0n) is 19.1. The van der Waals surface area contributed by atoms with Gasteiger partial charge in [0.2, 0.25) is 5.91 Å². The fourth-order valence-electron chi connectivity index (χ4n) is 4.69. The number of ether oxygens (including phenoxy) is 1. The molecule has 1 aromatic heterocycles. The van der Waals surface area contributed by atoms with E-state index in [0.717, 1.165) is 39.3 Å². The number of benzene rings is 2. The minimum atomic E-state index is -0.533. The van der Waals surface area contributed by atoms with Gasteiger partial charge in [-0.05, 0) is 55.2 Å². The fraction of sp³-hybridized carbons (Fsp3) is 0.400. The van der Waals surface area contributed by atoms with Crippen molar-refractivity contribution >= 4 is 23.0 Å². The number of primary amides is 1. The summed E-state index contributed by atoms with van der Waals surface area (Å²) in [6.07, 6.45) is 1.18. The summed E-state index contributed by atoms with van der Waals surface area (Å²) in [6, 6.07) is 12.3. The number of imidazole rings is 1. The minimum Gasteiger partial charge on any atom is -0.491 e. The Morgan fingerprint density at radius 2 is 1.79 bits per heavy atom. The standard InChI is InChI=1S/C25H29N5O3/c1-16-27-20-5-3-18(14-21(20)28-16)17-4-6-22-19(13-17)15-30(11-12-33-22)24(32)29-9-7-25(2,8-10-29)23(26)31/h3-6,13-14H,7-12,15H2,1-2H3,(H2,26,31)(H,27,28). The van der Waals surface area contributed by atoms with E-state index in [4.69, 9.17) is 10.5 Å². The first kappa shape index (κ1) is 21.3. The number of H-pyrrole nitrogens is 1. The third-order valence-corrected chi connectivity index (χ3v) is 6.98. The van der Waals surface area contributed by atoms with Crippen molar-refractivity contribution in [3.63, 3.8) is 0 Å². The van der Waals surface area contributed by atoms with Crippen LogP contribution >= 0.6 is 0 Å². The van der Waals surface area contributed by atoms with E-state index in [1.807, 2.05) is 35.8 Å². The van der Waals surface area contributed by atoms with E-state index in [1.165, 1.54) is 0 Å². The number of nitrogens with zero attached hydrogens (tertiary/aromatic N) is 3. The molecule has 5 rings (SSSR count). The van der Waals surface area contributed by atoms with Crippen LogP contribution in [0.25, 0.3) is 22.2 Å². The summed E-state index contributed by atoms with van der Waals surface area (Å²) in [5, 5.41) is 0. The van der Waals surface area contributed by atoms with Gasteiger partial charge in [0, 0.05) is 24.1 Å². The monoisotopic (exact) mass is 447 g/mol. The molecule has 0 unspecified atom stereocenters. The third kappa shape index (κ3) is 4.01. The number of piperidine rings is 1. The number of likely N-dealkylation sites (tertiary alicyclic amines) is 1. The van der Waals surface area contributed by atoms with E-state index in [0.29, 0.717) is 45.6 Å². The number of aromatic amines is 1. The molecule has 8 heteroatoms. The van der Waals surface area contributed by atoms with Gasteiger partial charge in [-0.3, -0.25) is 4.79 Å². The normalized spacial score (nSPS) is 17.9. The van der Waals surface area contributed by atoms with Crippen molar-refractivity contribution in [3.8, 4) is 16.9 Å². The highest BCUT2D eigenvalue weighted by Crippen LogP contribution is 2.33. The van der Waals surface area contributed by atoms with Crippen LogP contribution in [-0.2, 0) is 11.3 Å². The van der Waals surface area contributed by atoms with Gasteiger partial charge in [-0.2, -0.15) is 0 Å². The molecule has 33 heavy (non-hydrogen) atoms. The second kappa shape index (κ2) is 8.10. The van der Waals surface area contributed by atoms with Crippen LogP contribution in [-0.4, -0.2) is 57.9 Å². The van der Waals surface area contributed by atoms with Crippen LogP contribution in [0.2, 0.25) is 0 Å². The van der Waals surface area contributed by atoms with E-state index in [-0.39, 0.29) is 11.9 Å². The lowest BCUT2D eigenvalue weighted by molar-refractivity contribution is -0.129. The van der Waals surface area contributed by atoms with Gasteiger partial charge in [-0.15, -0.1) is 0 Å². The number of aryl methyl sites for hydroxylation is 1. The molecular weight excluding hydrogens is 418 g/mol. The van der Waals surface area contributed by atoms with Gasteiger partial charge in [-0.25, -0.2) is 9.78 Å². The number of nitrogens with one attached hydrogen (secondary N) is 1. The van der Waals surface area contributed by atoms with Gasteiger partial charge in [-0.1, -0.05) is 19.1 Å². The van der Waals surface area contributed by atoms with Gasteiger partial charge in [0.25, 0.3) is 0 Å². The molecule has 1 fully saturated rings. The smallest absolute Gasteiger partial charge is 0.320 e. The van der Waals surface area contributed by atoms with Crippen molar-refractivity contribution in [2.24, 2.45) is 11.1 Å². The molecular formula is C25H29N5O3. The van der Waals surface area contributed by atoms with E-state index >= 15 is 0 Å². The molecule has 0 bridgehead atoms. The molecule has 3 amide bonds. The highest BCUT2D eigenvalue weighted by molar-refractivity contribution is 5.83. The Bertz CT molecular complexity index is 1230. The Morgan fingerprint density at radius 1 is 1.06 bits per heavy atom. The van der Waals surface area contributed by atoms with E-state index in [1.54, 1.807) is 0 Å². The largest absolute Gasteiger partial charge is 0.491 e. The first-order valence-corrected chi connectivity index (χ1v) is 11.4. The number of nitrogens with two attached hydrogens (primary N) is 1. The summed E-state index contributed by atoms with van der Waals surface area (Å²) in [4.78, 5) is 36.4. The van der Waals surface area contributed by atoms with Crippen molar-refractivity contribution in [2.75, 3.05) is 26.2 Å². The predicted molar refractivity (Wildman–Crippen MR) is 126 cm³/mol. The first-order valence-electron chi connectivity index (χ1n) is 11.4. The lowest BCUT2D eigenvalue weighted by Crippen LogP contribution is -2.51. The number of fused-ring (bicyclic) bond motifs is 2. The number of amides is 3. The molecule has 3 heterocycles. The molecule has 2 aromatic carbocycles. The summed E-state index contributed by atoms with van der Waals surface area (Å²) in [7, 11) is 0. The van der Waals surface area contributed by atoms with Gasteiger partial charge in [0.1, 0.15) is 18.2 Å². The van der Waals surface area contributed by atoms with Gasteiger partial charge < -0.3 is 25.3 Å². The maximum atomic E-state index is 13.3. The van der Waals surface area contributed by atoms with Crippen LogP contribution in [0.5, 0.6) is 5.75 Å². The zero-order chi connectivity index (χ0) is 23.2. The van der Waals surface area contributed by atoms with Crippen LogP contribution in [0.15, 0.2) is 36.4 Å². The van der Waals surface area contributed by atoms with Crippen LogP contribution in [0.1, 0.15) is 31.2 Å². The number of urea groups is 1. The van der Waals surface area contributed by atoms with Gasteiger partial charge >= 0.3 is 6.03 Å². The summed E-state index contributed by atoms with van der Waals surface area (Å²) in [5.41, 5.74) is 10.1.